The maximum absolute atomic E-state index is 13.6. The van der Waals surface area contributed by atoms with Crippen LogP contribution in [0, 0.1) is 13.8 Å². The monoisotopic (exact) mass is 419 g/mol. The highest BCUT2D eigenvalue weighted by atomic mass is 16.5. The third-order valence-corrected chi connectivity index (χ3v) is 6.36. The average molecular weight is 419 g/mol. The molecular formula is C24H25N3O4. The first-order valence-corrected chi connectivity index (χ1v) is 10.6. The molecule has 0 aliphatic carbocycles. The van der Waals surface area contributed by atoms with Gasteiger partial charge in [0.15, 0.2) is 5.43 Å². The SMILES string of the molecule is Cc1cc2oc3c(c(=O)c2cc1C)C(c1ccncc1)N(CCN1CCOCC1)C3=O. The molecule has 0 saturated carbocycles. The molecule has 0 bridgehead atoms. The molecule has 7 nitrogen and oxygen atoms in total. The average Bonchev–Trinajstić information content (AvgIpc) is 3.07. The lowest BCUT2D eigenvalue weighted by atomic mass is 9.98. The molecule has 2 aliphatic rings. The first kappa shape index (κ1) is 19.9. The van der Waals surface area contributed by atoms with Crippen molar-refractivity contribution >= 4 is 16.9 Å². The van der Waals surface area contributed by atoms with E-state index in [4.69, 9.17) is 9.15 Å². The molecule has 7 heteroatoms. The molecule has 1 amide bonds. The molecule has 1 unspecified atom stereocenters. The lowest BCUT2D eigenvalue weighted by molar-refractivity contribution is 0.0314. The molecule has 31 heavy (non-hydrogen) atoms. The number of hydrogen-bond donors (Lipinski definition) is 0. The van der Waals surface area contributed by atoms with E-state index in [1.807, 2.05) is 38.1 Å². The summed E-state index contributed by atoms with van der Waals surface area (Å²) >= 11 is 0. The van der Waals surface area contributed by atoms with Crippen LogP contribution in [0.1, 0.15) is 38.9 Å². The normalized spacial score (nSPS) is 19.2. The van der Waals surface area contributed by atoms with Crippen LogP contribution in [0.15, 0.2) is 45.9 Å². The van der Waals surface area contributed by atoms with E-state index in [-0.39, 0.29) is 17.1 Å². The Morgan fingerprint density at radius 1 is 1.03 bits per heavy atom. The number of nitrogens with zero attached hydrogens (tertiary/aromatic N) is 3. The number of aryl methyl sites for hydroxylation is 2. The minimum absolute atomic E-state index is 0.136. The Morgan fingerprint density at radius 2 is 1.74 bits per heavy atom. The summed E-state index contributed by atoms with van der Waals surface area (Å²) in [5.74, 6) is -0.0770. The number of aromatic nitrogens is 1. The maximum atomic E-state index is 13.6. The Balaban J connectivity index is 1.61. The predicted octanol–water partition coefficient (Wildman–Crippen LogP) is 2.68. The van der Waals surface area contributed by atoms with Gasteiger partial charge in [0.2, 0.25) is 5.76 Å². The fourth-order valence-electron chi connectivity index (χ4n) is 4.47. The summed E-state index contributed by atoms with van der Waals surface area (Å²) < 4.78 is 11.5. The summed E-state index contributed by atoms with van der Waals surface area (Å²) in [6, 6.07) is 6.95. The topological polar surface area (TPSA) is 75.9 Å². The van der Waals surface area contributed by atoms with Gasteiger partial charge >= 0.3 is 0 Å². The van der Waals surface area contributed by atoms with Crippen LogP contribution in [0.25, 0.3) is 11.0 Å². The first-order chi connectivity index (χ1) is 15.0. The standard InChI is InChI=1S/C24H25N3O4/c1-15-13-18-19(14-16(15)2)31-23-20(22(18)28)21(17-3-5-25-6-4-17)27(24(23)29)8-7-26-9-11-30-12-10-26/h3-6,13-14,21H,7-12H2,1-2H3. The highest BCUT2D eigenvalue weighted by molar-refractivity contribution is 5.99. The fourth-order valence-corrected chi connectivity index (χ4v) is 4.47. The quantitative estimate of drug-likeness (QED) is 0.647. The third-order valence-electron chi connectivity index (χ3n) is 6.36. The highest BCUT2D eigenvalue weighted by Crippen LogP contribution is 2.38. The molecule has 5 rings (SSSR count). The van der Waals surface area contributed by atoms with Gasteiger partial charge in [-0.1, -0.05) is 0 Å². The molecule has 1 fully saturated rings. The van der Waals surface area contributed by atoms with Crippen molar-refractivity contribution in [3.63, 3.8) is 0 Å². The van der Waals surface area contributed by atoms with Gasteiger partial charge in [-0.25, -0.2) is 0 Å². The van der Waals surface area contributed by atoms with Crippen LogP contribution < -0.4 is 5.43 Å². The zero-order valence-electron chi connectivity index (χ0n) is 17.8. The summed E-state index contributed by atoms with van der Waals surface area (Å²) in [5.41, 5.74) is 3.66. The molecule has 1 atom stereocenters. The Hall–Kier alpha value is -3.03. The number of amides is 1. The van der Waals surface area contributed by atoms with Crippen molar-refractivity contribution in [1.82, 2.24) is 14.8 Å². The lowest BCUT2D eigenvalue weighted by Crippen LogP contribution is -2.42. The first-order valence-electron chi connectivity index (χ1n) is 10.6. The van der Waals surface area contributed by atoms with E-state index in [1.54, 1.807) is 17.3 Å². The number of fused-ring (bicyclic) bond motifs is 2. The van der Waals surface area contributed by atoms with Crippen LogP contribution in [-0.2, 0) is 4.74 Å². The Labute approximate surface area is 180 Å². The molecule has 0 radical (unpaired) electrons. The molecule has 4 heterocycles. The van der Waals surface area contributed by atoms with Crippen molar-refractivity contribution in [2.24, 2.45) is 0 Å². The second-order valence-electron chi connectivity index (χ2n) is 8.24. The highest BCUT2D eigenvalue weighted by Gasteiger charge is 2.42. The summed E-state index contributed by atoms with van der Waals surface area (Å²) in [6.45, 7) is 8.25. The minimum Gasteiger partial charge on any atom is -0.450 e. The van der Waals surface area contributed by atoms with Gasteiger partial charge in [0.25, 0.3) is 5.91 Å². The summed E-state index contributed by atoms with van der Waals surface area (Å²) in [6.07, 6.45) is 3.38. The summed E-state index contributed by atoms with van der Waals surface area (Å²) in [7, 11) is 0. The van der Waals surface area contributed by atoms with Gasteiger partial charge in [-0.15, -0.1) is 0 Å². The number of morpholine rings is 1. The van der Waals surface area contributed by atoms with Crippen molar-refractivity contribution in [2.45, 2.75) is 19.9 Å². The van der Waals surface area contributed by atoms with Gasteiger partial charge in [-0.3, -0.25) is 19.5 Å². The van der Waals surface area contributed by atoms with Crippen LogP contribution in [0.5, 0.6) is 0 Å². The third kappa shape index (κ3) is 3.43. The summed E-state index contributed by atoms with van der Waals surface area (Å²) in [4.78, 5) is 35.2. The van der Waals surface area contributed by atoms with Crippen LogP contribution in [0.2, 0.25) is 0 Å². The molecule has 2 aromatic heterocycles. The minimum atomic E-state index is -0.478. The van der Waals surface area contributed by atoms with Crippen molar-refractivity contribution in [2.75, 3.05) is 39.4 Å². The van der Waals surface area contributed by atoms with Crippen molar-refractivity contribution < 1.29 is 13.9 Å². The maximum Gasteiger partial charge on any atom is 0.290 e. The Kier molecular flexibility index (Phi) is 5.08. The molecule has 1 saturated heterocycles. The van der Waals surface area contributed by atoms with E-state index in [0.29, 0.717) is 36.3 Å². The van der Waals surface area contributed by atoms with E-state index in [0.717, 1.165) is 36.3 Å². The molecular weight excluding hydrogens is 394 g/mol. The Bertz CT molecular complexity index is 1200. The molecule has 0 spiro atoms. The molecule has 160 valence electrons. The second kappa shape index (κ2) is 7.90. The molecule has 2 aliphatic heterocycles. The van der Waals surface area contributed by atoms with Gasteiger partial charge in [0, 0.05) is 38.6 Å². The van der Waals surface area contributed by atoms with Gasteiger partial charge in [-0.2, -0.15) is 0 Å². The van der Waals surface area contributed by atoms with E-state index in [1.165, 1.54) is 0 Å². The number of carbonyl (C=O) groups is 1. The van der Waals surface area contributed by atoms with Crippen molar-refractivity contribution in [3.05, 3.63) is 74.9 Å². The predicted molar refractivity (Wildman–Crippen MR) is 116 cm³/mol. The zero-order chi connectivity index (χ0) is 21.5. The van der Waals surface area contributed by atoms with Crippen LogP contribution in [0.3, 0.4) is 0 Å². The van der Waals surface area contributed by atoms with Crippen molar-refractivity contribution in [1.29, 1.82) is 0 Å². The number of rotatable bonds is 4. The van der Waals surface area contributed by atoms with E-state index in [9.17, 15) is 9.59 Å². The van der Waals surface area contributed by atoms with E-state index in [2.05, 4.69) is 9.88 Å². The van der Waals surface area contributed by atoms with E-state index >= 15 is 0 Å². The number of benzene rings is 1. The summed E-state index contributed by atoms with van der Waals surface area (Å²) in [5, 5.41) is 0.517. The van der Waals surface area contributed by atoms with Crippen molar-refractivity contribution in [3.8, 4) is 0 Å². The van der Waals surface area contributed by atoms with Gasteiger partial charge in [-0.05, 0) is 54.8 Å². The van der Waals surface area contributed by atoms with Crippen LogP contribution in [0.4, 0.5) is 0 Å². The van der Waals surface area contributed by atoms with Crippen LogP contribution in [-0.4, -0.2) is 60.1 Å². The number of ether oxygens (including phenoxy) is 1. The largest absolute Gasteiger partial charge is 0.450 e. The molecule has 3 aromatic rings. The van der Waals surface area contributed by atoms with Gasteiger partial charge in [0.05, 0.1) is 30.2 Å². The second-order valence-corrected chi connectivity index (χ2v) is 8.24. The zero-order valence-corrected chi connectivity index (χ0v) is 17.8. The fraction of sp³-hybridized carbons (Fsp3) is 0.375. The number of carbonyl (C=O) groups excluding carboxylic acids is 1. The Morgan fingerprint density at radius 3 is 2.48 bits per heavy atom. The molecule has 0 N–H and O–H groups in total. The smallest absolute Gasteiger partial charge is 0.290 e. The number of pyridine rings is 1. The lowest BCUT2D eigenvalue weighted by Gasteiger charge is -2.31. The van der Waals surface area contributed by atoms with Gasteiger partial charge in [0.1, 0.15) is 5.58 Å². The molecule has 1 aromatic carbocycles. The van der Waals surface area contributed by atoms with E-state index < -0.39 is 6.04 Å². The number of hydrogen-bond acceptors (Lipinski definition) is 6. The van der Waals surface area contributed by atoms with Gasteiger partial charge < -0.3 is 14.1 Å². The van der Waals surface area contributed by atoms with Crippen LogP contribution >= 0.6 is 0 Å².